The number of carboxylic acids is 1. The molecule has 2 aromatic rings. The maximum absolute atomic E-state index is 13.5. The molecule has 170 valence electrons. The molecule has 0 aromatic heterocycles. The van der Waals surface area contributed by atoms with Gasteiger partial charge in [0, 0.05) is 0 Å². The number of hydrogen-bond acceptors (Lipinski definition) is 3. The Hall–Kier alpha value is -2.16. The molecule has 3 rings (SSSR count). The van der Waals surface area contributed by atoms with Gasteiger partial charge in [-0.1, -0.05) is 18.2 Å². The van der Waals surface area contributed by atoms with Gasteiger partial charge in [-0.3, -0.25) is 9.69 Å². The Morgan fingerprint density at radius 2 is 1.87 bits per heavy atom. The maximum Gasteiger partial charge on any atom is 0.416 e. The fraction of sp³-hybridized carbons (Fsp3) is 0.409. The second-order valence-corrected chi connectivity index (χ2v) is 7.59. The predicted octanol–water partition coefficient (Wildman–Crippen LogP) is 5.23. The van der Waals surface area contributed by atoms with Gasteiger partial charge >= 0.3 is 12.1 Å². The first kappa shape index (κ1) is 25.1. The van der Waals surface area contributed by atoms with Gasteiger partial charge in [0.05, 0.1) is 12.2 Å². The minimum Gasteiger partial charge on any atom is -0.480 e. The van der Waals surface area contributed by atoms with Crippen LogP contribution in [0.1, 0.15) is 42.0 Å². The molecule has 0 saturated heterocycles. The van der Waals surface area contributed by atoms with E-state index < -0.39 is 35.2 Å². The molecule has 1 heterocycles. The lowest BCUT2D eigenvalue weighted by molar-refractivity contribution is -0.142. The summed E-state index contributed by atoms with van der Waals surface area (Å²) in [5, 5.41) is 9.15. The normalized spacial score (nSPS) is 19.1. The molecule has 9 heteroatoms. The van der Waals surface area contributed by atoms with Crippen molar-refractivity contribution >= 4 is 18.4 Å². The Bertz CT molecular complexity index is 920. The number of aliphatic carboxylic acids is 1. The third-order valence-corrected chi connectivity index (χ3v) is 5.71. The zero-order chi connectivity index (χ0) is 22.1. The van der Waals surface area contributed by atoms with Crippen molar-refractivity contribution in [1.29, 1.82) is 0 Å². The molecule has 1 aliphatic heterocycles. The van der Waals surface area contributed by atoms with Crippen molar-refractivity contribution in [2.75, 3.05) is 13.6 Å². The third kappa shape index (κ3) is 5.19. The van der Waals surface area contributed by atoms with Crippen LogP contribution < -0.4 is 0 Å². The third-order valence-electron chi connectivity index (χ3n) is 5.71. The van der Waals surface area contributed by atoms with Gasteiger partial charge in [0.15, 0.2) is 0 Å². The van der Waals surface area contributed by atoms with Gasteiger partial charge < -0.3 is 9.84 Å². The van der Waals surface area contributed by atoms with E-state index in [1.807, 2.05) is 0 Å². The molecule has 0 spiro atoms. The smallest absolute Gasteiger partial charge is 0.416 e. The van der Waals surface area contributed by atoms with Crippen LogP contribution in [0.25, 0.3) is 0 Å². The molecule has 2 atom stereocenters. The van der Waals surface area contributed by atoms with Crippen LogP contribution in [0.5, 0.6) is 0 Å². The molecule has 1 N–H and O–H groups in total. The van der Waals surface area contributed by atoms with Gasteiger partial charge in [0.2, 0.25) is 0 Å². The van der Waals surface area contributed by atoms with Crippen molar-refractivity contribution in [2.45, 2.75) is 44.2 Å². The summed E-state index contributed by atoms with van der Waals surface area (Å²) >= 11 is 0. The zero-order valence-electron chi connectivity index (χ0n) is 17.1. The highest BCUT2D eigenvalue weighted by Crippen LogP contribution is 2.46. The highest BCUT2D eigenvalue weighted by atomic mass is 35.5. The highest BCUT2D eigenvalue weighted by molar-refractivity contribution is 5.85. The van der Waals surface area contributed by atoms with Crippen molar-refractivity contribution < 1.29 is 32.2 Å². The highest BCUT2D eigenvalue weighted by Gasteiger charge is 2.43. The van der Waals surface area contributed by atoms with E-state index in [2.05, 4.69) is 0 Å². The summed E-state index contributed by atoms with van der Waals surface area (Å²) in [6.07, 6.45) is -3.51. The van der Waals surface area contributed by atoms with E-state index in [4.69, 9.17) is 9.84 Å². The van der Waals surface area contributed by atoms with Gasteiger partial charge in [0.1, 0.15) is 17.5 Å². The van der Waals surface area contributed by atoms with Crippen LogP contribution in [-0.2, 0) is 27.9 Å². The van der Waals surface area contributed by atoms with Crippen LogP contribution in [0.3, 0.4) is 0 Å². The minimum atomic E-state index is -4.45. The number of rotatable bonds is 7. The van der Waals surface area contributed by atoms with E-state index in [-0.39, 0.29) is 19.0 Å². The summed E-state index contributed by atoms with van der Waals surface area (Å²) in [6.45, 7) is 2.05. The summed E-state index contributed by atoms with van der Waals surface area (Å²) < 4.78 is 58.9. The first-order valence-electron chi connectivity index (χ1n) is 9.58. The van der Waals surface area contributed by atoms with Crippen molar-refractivity contribution in [3.8, 4) is 0 Å². The largest absolute Gasteiger partial charge is 0.480 e. The van der Waals surface area contributed by atoms with E-state index in [1.165, 1.54) is 18.2 Å². The Balaban J connectivity index is 0.00000341. The molecule has 0 aliphatic carbocycles. The van der Waals surface area contributed by atoms with E-state index in [0.717, 1.165) is 12.1 Å². The second-order valence-electron chi connectivity index (χ2n) is 7.59. The number of ether oxygens (including phenoxy) is 1. The molecule has 0 amide bonds. The zero-order valence-corrected chi connectivity index (χ0v) is 17.9. The summed E-state index contributed by atoms with van der Waals surface area (Å²) in [5.74, 6) is -1.36. The average Bonchev–Trinajstić information content (AvgIpc) is 3.06. The van der Waals surface area contributed by atoms with Crippen LogP contribution in [-0.4, -0.2) is 35.6 Å². The molecule has 0 saturated carbocycles. The van der Waals surface area contributed by atoms with Gasteiger partial charge in [-0.25, -0.2) is 4.39 Å². The quantitative estimate of drug-likeness (QED) is 0.574. The molecule has 4 nitrogen and oxygen atoms in total. The van der Waals surface area contributed by atoms with Crippen LogP contribution in [0.2, 0.25) is 0 Å². The van der Waals surface area contributed by atoms with Gasteiger partial charge in [-0.15, -0.1) is 12.4 Å². The lowest BCUT2D eigenvalue weighted by Gasteiger charge is -2.32. The molecule has 0 fully saturated rings. The Morgan fingerprint density at radius 1 is 1.23 bits per heavy atom. The predicted molar refractivity (Wildman–Crippen MR) is 110 cm³/mol. The number of likely N-dealkylation sites (N-methyl/N-ethyl adjacent to an activating group) is 1. The summed E-state index contributed by atoms with van der Waals surface area (Å²) in [6, 6.07) is 8.62. The molecular formula is C22H24ClF4NO3. The molecular weight excluding hydrogens is 438 g/mol. The van der Waals surface area contributed by atoms with Crippen LogP contribution in [0.15, 0.2) is 42.5 Å². The number of hydrogen-bond donors (Lipinski definition) is 1. The summed E-state index contributed by atoms with van der Waals surface area (Å²) in [5.41, 5.74) is -0.0379. The Morgan fingerprint density at radius 3 is 2.45 bits per heavy atom. The van der Waals surface area contributed by atoms with Crippen molar-refractivity contribution in [1.82, 2.24) is 4.90 Å². The van der Waals surface area contributed by atoms with Crippen molar-refractivity contribution in [3.05, 3.63) is 70.5 Å². The molecule has 0 radical (unpaired) electrons. The maximum atomic E-state index is 13.5. The molecule has 0 bridgehead atoms. The number of nitrogens with zero attached hydrogens (tertiary/aromatic N) is 1. The molecule has 31 heavy (non-hydrogen) atoms. The van der Waals surface area contributed by atoms with Gasteiger partial charge in [0.25, 0.3) is 0 Å². The number of alkyl halides is 3. The number of benzene rings is 2. The molecule has 1 aliphatic rings. The van der Waals surface area contributed by atoms with E-state index in [0.29, 0.717) is 36.1 Å². The van der Waals surface area contributed by atoms with E-state index in [1.54, 1.807) is 31.0 Å². The first-order chi connectivity index (χ1) is 14.0. The summed E-state index contributed by atoms with van der Waals surface area (Å²) in [7, 11) is 1.70. The van der Waals surface area contributed by atoms with E-state index in [9.17, 15) is 22.4 Å². The SMILES string of the molecule is C[C@@H](C(=O)O)N(C)CCCC1(c2ccc(F)cc2)OCc2cc(C(F)(F)F)ccc21.Cl. The fourth-order valence-electron chi connectivity index (χ4n) is 3.83. The van der Waals surface area contributed by atoms with Crippen LogP contribution >= 0.6 is 12.4 Å². The Kier molecular flexibility index (Phi) is 7.73. The van der Waals surface area contributed by atoms with Crippen molar-refractivity contribution in [3.63, 3.8) is 0 Å². The fourth-order valence-corrected chi connectivity index (χ4v) is 3.83. The number of halogens is 5. The minimum absolute atomic E-state index is 0. The number of carboxylic acid groups (broad SMARTS) is 1. The number of carbonyl (C=O) groups is 1. The summed E-state index contributed by atoms with van der Waals surface area (Å²) in [4.78, 5) is 12.8. The standard InChI is InChI=1S/C22H23F4NO3.ClH/c1-14(20(28)29)27(2)11-3-10-21(16-4-7-18(23)8-5-16)19-9-6-17(22(24,25)26)12-15(19)13-30-21;/h4-9,12,14H,3,10-11,13H2,1-2H3,(H,28,29);1H/t14-,21?;/m0./s1. The topological polar surface area (TPSA) is 49.8 Å². The lowest BCUT2D eigenvalue weighted by atomic mass is 9.81. The second kappa shape index (κ2) is 9.54. The van der Waals surface area contributed by atoms with Crippen LogP contribution in [0, 0.1) is 5.82 Å². The average molecular weight is 462 g/mol. The lowest BCUT2D eigenvalue weighted by Crippen LogP contribution is -2.37. The molecule has 1 unspecified atom stereocenters. The van der Waals surface area contributed by atoms with Crippen LogP contribution in [0.4, 0.5) is 17.6 Å². The van der Waals surface area contributed by atoms with Crippen molar-refractivity contribution in [2.24, 2.45) is 0 Å². The number of fused-ring (bicyclic) bond motifs is 1. The monoisotopic (exact) mass is 461 g/mol. The van der Waals surface area contributed by atoms with E-state index >= 15 is 0 Å². The first-order valence-corrected chi connectivity index (χ1v) is 9.58. The van der Waals surface area contributed by atoms with Gasteiger partial charge in [-0.05, 0) is 74.3 Å². The van der Waals surface area contributed by atoms with Gasteiger partial charge in [-0.2, -0.15) is 13.2 Å². The molecule has 2 aromatic carbocycles. The Labute approximate surface area is 184 Å².